The Balaban J connectivity index is 4.64. The summed E-state index contributed by atoms with van der Waals surface area (Å²) in [6.07, 6.45) is 5.19. The molecule has 0 unspecified atom stereocenters. The minimum Gasteiger partial charge on any atom is -0.444 e. The monoisotopic (exact) mass is 270 g/mol. The molecule has 108 valence electrons. The molecular formula is C13H22N2O4. The van der Waals surface area contributed by atoms with Crippen LogP contribution in [0.1, 0.15) is 33.6 Å². The average Bonchev–Trinajstić information content (AvgIpc) is 2.30. The molecule has 6 heteroatoms. The van der Waals surface area contributed by atoms with E-state index in [4.69, 9.17) is 16.0 Å². The standard InChI is InChI=1S/C13H22N2O4/c1-7-8-9-10(11(16)15(5)18-6)14-12(17)19-13(2,3)4/h1,10H,8-9H2,2-6H3,(H,14,17)/t10-/m0/s1. The van der Waals surface area contributed by atoms with Gasteiger partial charge in [-0.3, -0.25) is 9.63 Å². The number of hydrogen-bond acceptors (Lipinski definition) is 4. The van der Waals surface area contributed by atoms with Gasteiger partial charge < -0.3 is 10.1 Å². The average molecular weight is 270 g/mol. The largest absolute Gasteiger partial charge is 0.444 e. The molecule has 0 aliphatic carbocycles. The number of nitrogens with one attached hydrogen (secondary N) is 1. The molecule has 0 aromatic carbocycles. The highest BCUT2D eigenvalue weighted by Gasteiger charge is 2.26. The second-order valence-corrected chi connectivity index (χ2v) is 4.96. The van der Waals surface area contributed by atoms with E-state index in [1.807, 2.05) is 0 Å². The minimum atomic E-state index is -0.768. The smallest absolute Gasteiger partial charge is 0.408 e. The van der Waals surface area contributed by atoms with E-state index in [2.05, 4.69) is 11.2 Å². The number of alkyl carbamates (subject to hydrolysis) is 1. The van der Waals surface area contributed by atoms with Gasteiger partial charge in [-0.2, -0.15) is 0 Å². The van der Waals surface area contributed by atoms with E-state index in [0.717, 1.165) is 5.06 Å². The molecule has 0 fully saturated rings. The number of hydroxylamine groups is 2. The minimum absolute atomic E-state index is 0.322. The van der Waals surface area contributed by atoms with Gasteiger partial charge in [-0.15, -0.1) is 12.3 Å². The molecule has 1 atom stereocenters. The fourth-order valence-corrected chi connectivity index (χ4v) is 1.24. The molecule has 0 aromatic heterocycles. The lowest BCUT2D eigenvalue weighted by Gasteiger charge is -2.25. The first-order valence-electron chi connectivity index (χ1n) is 5.96. The number of rotatable bonds is 5. The van der Waals surface area contributed by atoms with Gasteiger partial charge in [-0.25, -0.2) is 9.86 Å². The van der Waals surface area contributed by atoms with Crippen LogP contribution in [0.25, 0.3) is 0 Å². The third-order valence-electron chi connectivity index (χ3n) is 2.15. The number of amides is 2. The van der Waals surface area contributed by atoms with Gasteiger partial charge in [0.25, 0.3) is 5.91 Å². The number of hydrogen-bond donors (Lipinski definition) is 1. The molecule has 0 saturated carbocycles. The molecule has 0 bridgehead atoms. The Morgan fingerprint density at radius 3 is 2.42 bits per heavy atom. The molecule has 2 amide bonds. The zero-order valence-electron chi connectivity index (χ0n) is 12.1. The molecule has 0 rings (SSSR count). The van der Waals surface area contributed by atoms with Crippen LogP contribution in [-0.2, 0) is 14.4 Å². The fourth-order valence-electron chi connectivity index (χ4n) is 1.24. The summed E-state index contributed by atoms with van der Waals surface area (Å²) in [5.41, 5.74) is -0.628. The van der Waals surface area contributed by atoms with Gasteiger partial charge in [0.2, 0.25) is 0 Å². The van der Waals surface area contributed by atoms with Crippen molar-refractivity contribution in [1.29, 1.82) is 0 Å². The third kappa shape index (κ3) is 7.32. The van der Waals surface area contributed by atoms with Crippen molar-refractivity contribution in [2.24, 2.45) is 0 Å². The van der Waals surface area contributed by atoms with Crippen LogP contribution in [0.4, 0.5) is 4.79 Å². The van der Waals surface area contributed by atoms with Gasteiger partial charge in [-0.1, -0.05) is 0 Å². The first-order valence-corrected chi connectivity index (χ1v) is 5.96. The van der Waals surface area contributed by atoms with Crippen LogP contribution in [0, 0.1) is 12.3 Å². The molecule has 1 N–H and O–H groups in total. The highest BCUT2D eigenvalue weighted by Crippen LogP contribution is 2.08. The normalized spacial score (nSPS) is 12.2. The van der Waals surface area contributed by atoms with Crippen molar-refractivity contribution in [3.8, 4) is 12.3 Å². The highest BCUT2D eigenvalue weighted by atomic mass is 16.7. The highest BCUT2D eigenvalue weighted by molar-refractivity contribution is 5.84. The summed E-state index contributed by atoms with van der Waals surface area (Å²) in [6, 6.07) is -0.768. The van der Waals surface area contributed by atoms with E-state index in [9.17, 15) is 9.59 Å². The Labute approximate surface area is 114 Å². The van der Waals surface area contributed by atoms with Crippen LogP contribution in [0.15, 0.2) is 0 Å². The second-order valence-electron chi connectivity index (χ2n) is 4.96. The molecule has 0 aliphatic rings. The molecule has 0 aliphatic heterocycles. The Morgan fingerprint density at radius 1 is 1.42 bits per heavy atom. The first-order chi connectivity index (χ1) is 8.71. The van der Waals surface area contributed by atoms with Crippen molar-refractivity contribution >= 4 is 12.0 Å². The quantitative estimate of drug-likeness (QED) is 0.604. The third-order valence-corrected chi connectivity index (χ3v) is 2.15. The van der Waals surface area contributed by atoms with Crippen molar-refractivity contribution < 1.29 is 19.2 Å². The van der Waals surface area contributed by atoms with Crippen LogP contribution in [0.2, 0.25) is 0 Å². The molecule has 6 nitrogen and oxygen atoms in total. The van der Waals surface area contributed by atoms with Crippen molar-refractivity contribution in [1.82, 2.24) is 10.4 Å². The van der Waals surface area contributed by atoms with E-state index in [-0.39, 0.29) is 5.91 Å². The summed E-state index contributed by atoms with van der Waals surface area (Å²) in [6.45, 7) is 5.23. The van der Waals surface area contributed by atoms with Gasteiger partial charge >= 0.3 is 6.09 Å². The Bertz CT molecular complexity index is 355. The van der Waals surface area contributed by atoms with E-state index >= 15 is 0 Å². The zero-order valence-corrected chi connectivity index (χ0v) is 12.1. The molecular weight excluding hydrogens is 248 g/mol. The first kappa shape index (κ1) is 17.3. The number of terminal acetylenes is 1. The van der Waals surface area contributed by atoms with Crippen molar-refractivity contribution in [2.75, 3.05) is 14.2 Å². The topological polar surface area (TPSA) is 67.9 Å². The van der Waals surface area contributed by atoms with Crippen LogP contribution in [-0.4, -0.2) is 42.9 Å². The number of ether oxygens (including phenoxy) is 1. The lowest BCUT2D eigenvalue weighted by atomic mass is 10.1. The maximum absolute atomic E-state index is 11.9. The van der Waals surface area contributed by atoms with Crippen LogP contribution in [0.5, 0.6) is 0 Å². The molecule has 0 saturated heterocycles. The molecule has 0 heterocycles. The number of carbonyl (C=O) groups excluding carboxylic acids is 2. The number of nitrogens with zero attached hydrogens (tertiary/aromatic N) is 1. The Hall–Kier alpha value is -1.74. The summed E-state index contributed by atoms with van der Waals surface area (Å²) in [5.74, 6) is 2.04. The summed E-state index contributed by atoms with van der Waals surface area (Å²) in [4.78, 5) is 28.4. The number of carbonyl (C=O) groups is 2. The van der Waals surface area contributed by atoms with Gasteiger partial charge in [0, 0.05) is 13.5 Å². The Kier molecular flexibility index (Phi) is 6.94. The lowest BCUT2D eigenvalue weighted by Crippen LogP contribution is -2.48. The maximum atomic E-state index is 11.9. The van der Waals surface area contributed by atoms with Crippen molar-refractivity contribution in [3.63, 3.8) is 0 Å². The van der Waals surface area contributed by atoms with Crippen LogP contribution < -0.4 is 5.32 Å². The second kappa shape index (κ2) is 7.64. The summed E-state index contributed by atoms with van der Waals surface area (Å²) < 4.78 is 5.10. The van der Waals surface area contributed by atoms with E-state index in [1.165, 1.54) is 14.2 Å². The van der Waals surface area contributed by atoms with Crippen molar-refractivity contribution in [3.05, 3.63) is 0 Å². The van der Waals surface area contributed by atoms with Crippen LogP contribution >= 0.6 is 0 Å². The molecule has 0 aromatic rings. The van der Waals surface area contributed by atoms with Gasteiger partial charge in [0.1, 0.15) is 11.6 Å². The fraction of sp³-hybridized carbons (Fsp3) is 0.692. The van der Waals surface area contributed by atoms with Gasteiger partial charge in [0.15, 0.2) is 0 Å². The molecule has 0 radical (unpaired) electrons. The predicted octanol–water partition coefficient (Wildman–Crippen LogP) is 1.31. The van der Waals surface area contributed by atoms with Crippen LogP contribution in [0.3, 0.4) is 0 Å². The zero-order chi connectivity index (χ0) is 15.1. The van der Waals surface area contributed by atoms with Crippen molar-refractivity contribution in [2.45, 2.75) is 45.3 Å². The summed E-state index contributed by atoms with van der Waals surface area (Å²) in [7, 11) is 2.82. The van der Waals surface area contributed by atoms with Gasteiger partial charge in [0.05, 0.1) is 7.11 Å². The maximum Gasteiger partial charge on any atom is 0.408 e. The SMILES string of the molecule is C#CCC[C@H](NC(=O)OC(C)(C)C)C(=O)N(C)OC. The molecule has 19 heavy (non-hydrogen) atoms. The predicted molar refractivity (Wildman–Crippen MR) is 71.0 cm³/mol. The van der Waals surface area contributed by atoms with E-state index < -0.39 is 17.7 Å². The van der Waals surface area contributed by atoms with E-state index in [1.54, 1.807) is 20.8 Å². The van der Waals surface area contributed by atoms with E-state index in [0.29, 0.717) is 12.8 Å². The Morgan fingerprint density at radius 2 is 2.00 bits per heavy atom. The summed E-state index contributed by atoms with van der Waals surface area (Å²) >= 11 is 0. The molecule has 0 spiro atoms. The lowest BCUT2D eigenvalue weighted by molar-refractivity contribution is -0.171. The summed E-state index contributed by atoms with van der Waals surface area (Å²) in [5, 5.41) is 3.54. The van der Waals surface area contributed by atoms with Gasteiger partial charge in [-0.05, 0) is 27.2 Å². The number of likely N-dealkylation sites (N-methyl/N-ethyl adjacent to an activating group) is 1.